The van der Waals surface area contributed by atoms with E-state index in [1.807, 2.05) is 6.07 Å². The van der Waals surface area contributed by atoms with Crippen LogP contribution in [0.25, 0.3) is 0 Å². The van der Waals surface area contributed by atoms with E-state index in [0.29, 0.717) is 24.1 Å². The van der Waals surface area contributed by atoms with Gasteiger partial charge in [-0.15, -0.1) is 0 Å². The molecule has 8 heteroatoms. The van der Waals surface area contributed by atoms with Crippen LogP contribution < -0.4 is 10.1 Å². The molecule has 0 bridgehead atoms. The first-order valence-corrected chi connectivity index (χ1v) is 11.3. The molecule has 2 aromatic carbocycles. The minimum absolute atomic E-state index is 0.0646. The molecule has 0 spiro atoms. The van der Waals surface area contributed by atoms with Crippen molar-refractivity contribution in [2.24, 2.45) is 5.92 Å². The van der Waals surface area contributed by atoms with Crippen LogP contribution in [-0.4, -0.2) is 42.0 Å². The minimum atomic E-state index is -0.809. The lowest BCUT2D eigenvalue weighted by atomic mass is 9.93. The number of carbonyl (C=O) groups is 1. The fourth-order valence-corrected chi connectivity index (χ4v) is 4.23. The maximum atomic E-state index is 14.1. The Hall–Kier alpha value is -3.39. The van der Waals surface area contributed by atoms with Gasteiger partial charge in [0.1, 0.15) is 12.4 Å². The summed E-state index contributed by atoms with van der Waals surface area (Å²) in [6, 6.07) is 14.2. The number of hydrogen-bond donors (Lipinski definition) is 1. The van der Waals surface area contributed by atoms with Gasteiger partial charge in [-0.25, -0.2) is 13.2 Å². The van der Waals surface area contributed by atoms with Crippen LogP contribution in [0.3, 0.4) is 0 Å². The predicted octanol–water partition coefficient (Wildman–Crippen LogP) is 4.50. The molecule has 1 fully saturated rings. The number of rotatable bonds is 8. The molecular weight excluding hydrogens is 443 g/mol. The van der Waals surface area contributed by atoms with Crippen molar-refractivity contribution < 1.29 is 22.7 Å². The second kappa shape index (κ2) is 11.2. The van der Waals surface area contributed by atoms with Gasteiger partial charge in [0.2, 0.25) is 5.91 Å². The minimum Gasteiger partial charge on any atom is -0.486 e. The molecule has 3 aromatic rings. The zero-order valence-electron chi connectivity index (χ0n) is 18.6. The average Bonchev–Trinajstić information content (AvgIpc) is 2.87. The van der Waals surface area contributed by atoms with E-state index in [2.05, 4.69) is 10.3 Å². The molecule has 1 amide bonds. The number of hydrogen-bond acceptors (Lipinski definition) is 4. The Morgan fingerprint density at radius 3 is 2.35 bits per heavy atom. The maximum Gasteiger partial charge on any atom is 0.226 e. The van der Waals surface area contributed by atoms with Crippen molar-refractivity contribution in [3.8, 4) is 5.75 Å². The van der Waals surface area contributed by atoms with Crippen LogP contribution in [0.4, 0.5) is 13.2 Å². The molecule has 1 N–H and O–H groups in total. The number of nitrogens with zero attached hydrogens (tertiary/aromatic N) is 2. The molecule has 0 radical (unpaired) electrons. The SMILES string of the molecule is O=C(C1CCNCC1)N(CCOc1c(F)cccc1F)C(c1ccc(F)cc1)c1ccccn1. The van der Waals surface area contributed by atoms with Gasteiger partial charge in [0, 0.05) is 12.1 Å². The topological polar surface area (TPSA) is 54.5 Å². The van der Waals surface area contributed by atoms with E-state index in [0.717, 1.165) is 25.2 Å². The van der Waals surface area contributed by atoms with Gasteiger partial charge in [-0.1, -0.05) is 24.3 Å². The predicted molar refractivity (Wildman–Crippen MR) is 122 cm³/mol. The number of amides is 1. The van der Waals surface area contributed by atoms with Crippen molar-refractivity contribution in [2.45, 2.75) is 18.9 Å². The summed E-state index contributed by atoms with van der Waals surface area (Å²) >= 11 is 0. The van der Waals surface area contributed by atoms with E-state index < -0.39 is 29.2 Å². The molecule has 1 aliphatic rings. The van der Waals surface area contributed by atoms with Crippen molar-refractivity contribution in [3.63, 3.8) is 0 Å². The summed E-state index contributed by atoms with van der Waals surface area (Å²) in [6.07, 6.45) is 2.98. The second-order valence-corrected chi connectivity index (χ2v) is 8.16. The van der Waals surface area contributed by atoms with Crippen LogP contribution >= 0.6 is 0 Å². The Kier molecular flexibility index (Phi) is 7.80. The van der Waals surface area contributed by atoms with Gasteiger partial charge in [-0.3, -0.25) is 9.78 Å². The molecule has 1 aromatic heterocycles. The molecule has 1 saturated heterocycles. The number of para-hydroxylation sites is 1. The monoisotopic (exact) mass is 469 g/mol. The molecule has 4 rings (SSSR count). The average molecular weight is 470 g/mol. The lowest BCUT2D eigenvalue weighted by molar-refractivity contribution is -0.138. The molecular formula is C26H26F3N3O2. The first kappa shape index (κ1) is 23.8. The third-order valence-electron chi connectivity index (χ3n) is 5.93. The second-order valence-electron chi connectivity index (χ2n) is 8.16. The summed E-state index contributed by atoms with van der Waals surface area (Å²) < 4.78 is 47.2. The van der Waals surface area contributed by atoms with Crippen molar-refractivity contribution in [2.75, 3.05) is 26.2 Å². The zero-order chi connectivity index (χ0) is 23.9. The van der Waals surface area contributed by atoms with Gasteiger partial charge in [-0.05, 0) is 67.9 Å². The van der Waals surface area contributed by atoms with Gasteiger partial charge in [0.25, 0.3) is 0 Å². The first-order chi connectivity index (χ1) is 16.5. The van der Waals surface area contributed by atoms with Gasteiger partial charge >= 0.3 is 0 Å². The number of ether oxygens (including phenoxy) is 1. The number of aromatic nitrogens is 1. The van der Waals surface area contributed by atoms with E-state index in [4.69, 9.17) is 4.74 Å². The summed E-state index contributed by atoms with van der Waals surface area (Å²) in [5.41, 5.74) is 1.29. The summed E-state index contributed by atoms with van der Waals surface area (Å²) in [4.78, 5) is 19.8. The number of nitrogens with one attached hydrogen (secondary N) is 1. The Labute approximate surface area is 196 Å². The molecule has 1 unspecified atom stereocenters. The highest BCUT2D eigenvalue weighted by Crippen LogP contribution is 2.31. The summed E-state index contributed by atoms with van der Waals surface area (Å²) in [5.74, 6) is -2.80. The van der Waals surface area contributed by atoms with Crippen LogP contribution in [0.15, 0.2) is 66.9 Å². The summed E-state index contributed by atoms with van der Waals surface area (Å²) in [5, 5.41) is 3.25. The van der Waals surface area contributed by atoms with E-state index in [1.54, 1.807) is 35.4 Å². The standard InChI is InChI=1S/C26H26F3N3O2/c27-20-9-7-18(8-10-20)24(23-6-1-2-13-31-23)32(26(33)19-11-14-30-15-12-19)16-17-34-25-21(28)4-3-5-22(25)29/h1-10,13,19,24,30H,11-12,14-17H2. The number of halogens is 3. The third-order valence-corrected chi connectivity index (χ3v) is 5.93. The normalized spacial score (nSPS) is 15.0. The Morgan fingerprint density at radius 1 is 1.00 bits per heavy atom. The lowest BCUT2D eigenvalue weighted by Gasteiger charge is -2.35. The van der Waals surface area contributed by atoms with Crippen LogP contribution in [0.1, 0.15) is 30.1 Å². The van der Waals surface area contributed by atoms with Crippen molar-refractivity contribution in [1.82, 2.24) is 15.2 Å². The molecule has 34 heavy (non-hydrogen) atoms. The van der Waals surface area contributed by atoms with Crippen molar-refractivity contribution in [1.29, 1.82) is 0 Å². The highest BCUT2D eigenvalue weighted by molar-refractivity contribution is 5.80. The Bertz CT molecular complexity index is 1070. The van der Waals surface area contributed by atoms with Crippen LogP contribution in [0.2, 0.25) is 0 Å². The molecule has 2 heterocycles. The van der Waals surface area contributed by atoms with Gasteiger partial charge in [0.05, 0.1) is 18.3 Å². The summed E-state index contributed by atoms with van der Waals surface area (Å²) in [6.45, 7) is 1.40. The molecule has 1 atom stereocenters. The van der Waals surface area contributed by atoms with Crippen molar-refractivity contribution >= 4 is 5.91 Å². The van der Waals surface area contributed by atoms with Crippen LogP contribution in [0, 0.1) is 23.4 Å². The van der Waals surface area contributed by atoms with Gasteiger partial charge in [0.15, 0.2) is 17.4 Å². The smallest absolute Gasteiger partial charge is 0.226 e. The highest BCUT2D eigenvalue weighted by Gasteiger charge is 2.33. The lowest BCUT2D eigenvalue weighted by Crippen LogP contribution is -2.45. The quantitative estimate of drug-likeness (QED) is 0.528. The largest absolute Gasteiger partial charge is 0.486 e. The fourth-order valence-electron chi connectivity index (χ4n) is 4.23. The van der Waals surface area contributed by atoms with Crippen molar-refractivity contribution in [3.05, 3.63) is 95.6 Å². The summed E-state index contributed by atoms with van der Waals surface area (Å²) in [7, 11) is 0. The molecule has 5 nitrogen and oxygen atoms in total. The van der Waals surface area contributed by atoms with Gasteiger partial charge < -0.3 is 15.0 Å². The molecule has 1 aliphatic heterocycles. The van der Waals surface area contributed by atoms with E-state index in [9.17, 15) is 18.0 Å². The Balaban J connectivity index is 1.66. The van der Waals surface area contributed by atoms with E-state index in [-0.39, 0.29) is 25.0 Å². The number of carbonyl (C=O) groups excluding carboxylic acids is 1. The molecule has 0 aliphatic carbocycles. The first-order valence-electron chi connectivity index (χ1n) is 11.3. The maximum absolute atomic E-state index is 14.1. The number of pyridine rings is 1. The third kappa shape index (κ3) is 5.56. The van der Waals surface area contributed by atoms with E-state index in [1.165, 1.54) is 18.2 Å². The fraction of sp³-hybridized carbons (Fsp3) is 0.308. The van der Waals surface area contributed by atoms with Crippen LogP contribution in [0.5, 0.6) is 5.75 Å². The number of piperidine rings is 1. The molecule has 0 saturated carbocycles. The van der Waals surface area contributed by atoms with Crippen LogP contribution in [-0.2, 0) is 4.79 Å². The van der Waals surface area contributed by atoms with Gasteiger partial charge in [-0.2, -0.15) is 0 Å². The van der Waals surface area contributed by atoms with E-state index >= 15 is 0 Å². The highest BCUT2D eigenvalue weighted by atomic mass is 19.1. The number of benzene rings is 2. The Morgan fingerprint density at radius 2 is 1.71 bits per heavy atom. The molecule has 178 valence electrons. The zero-order valence-corrected chi connectivity index (χ0v) is 18.6.